The van der Waals surface area contributed by atoms with Gasteiger partial charge in [-0.05, 0) is 37.3 Å². The van der Waals surface area contributed by atoms with E-state index in [0.717, 1.165) is 10.5 Å². The van der Waals surface area contributed by atoms with Crippen LogP contribution in [0.5, 0.6) is 11.5 Å². The second-order valence-electron chi connectivity index (χ2n) is 6.15. The highest BCUT2D eigenvalue weighted by Gasteiger charge is 2.15. The quantitative estimate of drug-likeness (QED) is 0.704. The molecule has 1 atom stereocenters. The number of amides is 1. The maximum absolute atomic E-state index is 12.3. The molecule has 6 heteroatoms. The Morgan fingerprint density at radius 1 is 1.04 bits per heavy atom. The maximum Gasteiger partial charge on any atom is 0.279 e. The molecule has 6 nitrogen and oxygen atoms in total. The van der Waals surface area contributed by atoms with Crippen molar-refractivity contribution >= 4 is 17.4 Å². The minimum absolute atomic E-state index is 0.0769. The molecule has 0 aliphatic rings. The van der Waals surface area contributed by atoms with Gasteiger partial charge in [0, 0.05) is 11.1 Å². The van der Waals surface area contributed by atoms with E-state index in [9.17, 15) is 9.59 Å². The Bertz CT molecular complexity index is 789. The third-order valence-corrected chi connectivity index (χ3v) is 4.00. The number of carbonyl (C=O) groups is 2. The van der Waals surface area contributed by atoms with E-state index < -0.39 is 0 Å². The molecule has 0 aliphatic heterocycles. The first-order valence-corrected chi connectivity index (χ1v) is 8.36. The van der Waals surface area contributed by atoms with Crippen LogP contribution in [0.1, 0.15) is 22.8 Å². The van der Waals surface area contributed by atoms with Crippen LogP contribution < -0.4 is 19.7 Å². The number of anilines is 1. The van der Waals surface area contributed by atoms with Gasteiger partial charge in [0.25, 0.3) is 5.91 Å². The monoisotopic (exact) mass is 357 g/mol. The zero-order valence-electron chi connectivity index (χ0n) is 15.6. The Balaban J connectivity index is 1.99. The zero-order chi connectivity index (χ0) is 19.1. The Morgan fingerprint density at radius 3 is 2.38 bits per heavy atom. The first kappa shape index (κ1) is 19.5. The number of benzene rings is 2. The molecular formula is C20H25N2O4+. The zero-order valence-corrected chi connectivity index (χ0v) is 15.6. The van der Waals surface area contributed by atoms with Crippen molar-refractivity contribution in [1.29, 1.82) is 0 Å². The number of para-hydroxylation sites is 1. The molecule has 0 aromatic heterocycles. The second-order valence-corrected chi connectivity index (χ2v) is 6.15. The van der Waals surface area contributed by atoms with Crippen molar-refractivity contribution in [3.63, 3.8) is 0 Å². The number of hydrogen-bond acceptors (Lipinski definition) is 4. The Labute approximate surface area is 153 Å². The van der Waals surface area contributed by atoms with Gasteiger partial charge in [0.15, 0.2) is 23.8 Å². The van der Waals surface area contributed by atoms with Gasteiger partial charge in [0.05, 0.1) is 27.0 Å². The topological polar surface area (TPSA) is 69.1 Å². The number of quaternary nitrogens is 1. The van der Waals surface area contributed by atoms with E-state index in [0.29, 0.717) is 29.3 Å². The van der Waals surface area contributed by atoms with E-state index in [1.165, 1.54) is 6.92 Å². The minimum atomic E-state index is -0.142. The normalized spacial score (nSPS) is 11.5. The van der Waals surface area contributed by atoms with Crippen molar-refractivity contribution in [3.8, 4) is 11.5 Å². The van der Waals surface area contributed by atoms with E-state index in [4.69, 9.17) is 9.47 Å². The van der Waals surface area contributed by atoms with Crippen molar-refractivity contribution in [2.75, 3.05) is 33.1 Å². The molecule has 0 saturated carbocycles. The van der Waals surface area contributed by atoms with Gasteiger partial charge in [-0.25, -0.2) is 0 Å². The van der Waals surface area contributed by atoms with Gasteiger partial charge in [0.2, 0.25) is 0 Å². The van der Waals surface area contributed by atoms with Gasteiger partial charge in [-0.3, -0.25) is 9.59 Å². The minimum Gasteiger partial charge on any atom is -0.493 e. The van der Waals surface area contributed by atoms with Crippen LogP contribution in [0.15, 0.2) is 42.5 Å². The predicted molar refractivity (Wildman–Crippen MR) is 100 cm³/mol. The predicted octanol–water partition coefficient (Wildman–Crippen LogP) is 1.56. The smallest absolute Gasteiger partial charge is 0.279 e. The Kier molecular flexibility index (Phi) is 6.74. The highest BCUT2D eigenvalue weighted by atomic mass is 16.5. The molecule has 1 amide bonds. The number of ether oxygens (including phenoxy) is 2. The van der Waals surface area contributed by atoms with Crippen LogP contribution >= 0.6 is 0 Å². The van der Waals surface area contributed by atoms with Crippen molar-refractivity contribution in [2.24, 2.45) is 0 Å². The molecule has 2 rings (SSSR count). The van der Waals surface area contributed by atoms with Gasteiger partial charge < -0.3 is 19.7 Å². The van der Waals surface area contributed by atoms with Crippen molar-refractivity contribution in [2.45, 2.75) is 13.5 Å². The Hall–Kier alpha value is -2.86. The highest BCUT2D eigenvalue weighted by molar-refractivity contribution is 6.03. The number of likely N-dealkylation sites (N-methyl/N-ethyl adjacent to an activating group) is 1. The van der Waals surface area contributed by atoms with E-state index >= 15 is 0 Å². The summed E-state index contributed by atoms with van der Waals surface area (Å²) >= 11 is 0. The fourth-order valence-corrected chi connectivity index (χ4v) is 2.77. The van der Waals surface area contributed by atoms with Crippen molar-refractivity contribution in [1.82, 2.24) is 0 Å². The molecule has 0 bridgehead atoms. The van der Waals surface area contributed by atoms with E-state index in [-0.39, 0.29) is 18.2 Å². The summed E-state index contributed by atoms with van der Waals surface area (Å²) < 4.78 is 10.5. The van der Waals surface area contributed by atoms with Crippen molar-refractivity contribution in [3.05, 3.63) is 53.6 Å². The number of methoxy groups -OCH3 is 2. The maximum atomic E-state index is 12.3. The Morgan fingerprint density at radius 2 is 1.73 bits per heavy atom. The molecule has 2 aromatic rings. The molecule has 26 heavy (non-hydrogen) atoms. The third-order valence-electron chi connectivity index (χ3n) is 4.00. The second kappa shape index (κ2) is 9.01. The summed E-state index contributed by atoms with van der Waals surface area (Å²) in [4.78, 5) is 25.0. The lowest BCUT2D eigenvalue weighted by molar-refractivity contribution is -0.885. The SMILES string of the molecule is COc1ccc(C[NH+](C)CC(=O)Nc2ccccc2C(C)=O)cc1OC. The number of Topliss-reactive ketones (excluding diaryl/α,β-unsaturated/α-hetero) is 1. The number of rotatable bonds is 8. The number of ketones is 1. The fraction of sp³-hybridized carbons (Fsp3) is 0.300. The van der Waals surface area contributed by atoms with Gasteiger partial charge in [0.1, 0.15) is 6.54 Å². The van der Waals surface area contributed by atoms with E-state index in [1.54, 1.807) is 38.5 Å². The van der Waals surface area contributed by atoms with Gasteiger partial charge in [-0.1, -0.05) is 12.1 Å². The lowest BCUT2D eigenvalue weighted by Gasteiger charge is -2.16. The van der Waals surface area contributed by atoms with Crippen LogP contribution in [0.2, 0.25) is 0 Å². The van der Waals surface area contributed by atoms with Crippen LogP contribution in [0.4, 0.5) is 5.69 Å². The number of carbonyl (C=O) groups excluding carboxylic acids is 2. The lowest BCUT2D eigenvalue weighted by Crippen LogP contribution is -3.08. The molecule has 0 spiro atoms. The van der Waals surface area contributed by atoms with E-state index in [1.807, 2.05) is 25.2 Å². The molecule has 1 unspecified atom stereocenters. The summed E-state index contributed by atoms with van der Waals surface area (Å²) in [5, 5.41) is 2.82. The van der Waals surface area contributed by atoms with Crippen molar-refractivity contribution < 1.29 is 24.0 Å². The average Bonchev–Trinajstić information content (AvgIpc) is 2.61. The first-order valence-electron chi connectivity index (χ1n) is 8.36. The highest BCUT2D eigenvalue weighted by Crippen LogP contribution is 2.27. The molecular weight excluding hydrogens is 332 g/mol. The molecule has 0 saturated heterocycles. The van der Waals surface area contributed by atoms with Crippen LogP contribution in [-0.4, -0.2) is 39.5 Å². The summed E-state index contributed by atoms with van der Waals surface area (Å²) in [7, 11) is 5.13. The molecule has 2 N–H and O–H groups in total. The summed E-state index contributed by atoms with van der Waals surface area (Å²) in [6.07, 6.45) is 0. The molecule has 0 fully saturated rings. The molecule has 0 heterocycles. The first-order chi connectivity index (χ1) is 12.4. The number of hydrogen-bond donors (Lipinski definition) is 2. The standard InChI is InChI=1S/C20H24N2O4/c1-14(23)16-7-5-6-8-17(16)21-20(24)13-22(2)12-15-9-10-18(25-3)19(11-15)26-4/h5-11H,12-13H2,1-4H3,(H,21,24)/p+1. The fourth-order valence-electron chi connectivity index (χ4n) is 2.77. The van der Waals surface area contributed by atoms with Gasteiger partial charge in [-0.15, -0.1) is 0 Å². The summed E-state index contributed by atoms with van der Waals surface area (Å²) in [5.41, 5.74) is 2.10. The summed E-state index contributed by atoms with van der Waals surface area (Å²) in [6.45, 7) is 2.42. The van der Waals surface area contributed by atoms with Crippen LogP contribution in [0.3, 0.4) is 0 Å². The largest absolute Gasteiger partial charge is 0.493 e. The summed E-state index contributed by atoms with van der Waals surface area (Å²) in [5.74, 6) is 1.12. The van der Waals surface area contributed by atoms with Gasteiger partial charge >= 0.3 is 0 Å². The summed E-state index contributed by atoms with van der Waals surface area (Å²) in [6, 6.07) is 12.7. The molecule has 0 aliphatic carbocycles. The molecule has 138 valence electrons. The van der Waals surface area contributed by atoms with Crippen LogP contribution in [0.25, 0.3) is 0 Å². The molecule has 2 aromatic carbocycles. The van der Waals surface area contributed by atoms with E-state index in [2.05, 4.69) is 5.32 Å². The van der Waals surface area contributed by atoms with Gasteiger partial charge in [-0.2, -0.15) is 0 Å². The number of nitrogens with one attached hydrogen (secondary N) is 2. The van der Waals surface area contributed by atoms with Crippen LogP contribution in [0, 0.1) is 0 Å². The lowest BCUT2D eigenvalue weighted by atomic mass is 10.1. The van der Waals surface area contributed by atoms with Crippen LogP contribution in [-0.2, 0) is 11.3 Å². The average molecular weight is 357 g/mol. The third kappa shape index (κ3) is 5.07. The molecule has 0 radical (unpaired) electrons.